The van der Waals surface area contributed by atoms with E-state index in [0.717, 1.165) is 23.3 Å². The van der Waals surface area contributed by atoms with Crippen LogP contribution in [-0.2, 0) is 14.1 Å². The molecule has 0 aromatic carbocycles. The maximum absolute atomic E-state index is 12.6. The zero-order valence-corrected chi connectivity index (χ0v) is 16.4. The van der Waals surface area contributed by atoms with Gasteiger partial charge in [0.15, 0.2) is 0 Å². The van der Waals surface area contributed by atoms with Gasteiger partial charge in [-0.05, 0) is 37.5 Å². The Labute approximate surface area is 166 Å². The van der Waals surface area contributed by atoms with Crippen molar-refractivity contribution in [1.29, 1.82) is 0 Å². The molecule has 1 aliphatic rings. The standard InChI is InChI=1S/C20H22N6O3/c1-24-17-15(19(28)25(2)20(24)29)10-13(11-22-17)18(27)23-16-7-6-14(12-21-16)26-8-4-3-5-9-26/h6-7,10-12H,3-5,8-9H2,1-2H3,(H,21,23,27). The van der Waals surface area contributed by atoms with Crippen LogP contribution in [0.4, 0.5) is 11.5 Å². The van der Waals surface area contributed by atoms with Crippen LogP contribution in [0.1, 0.15) is 29.6 Å². The summed E-state index contributed by atoms with van der Waals surface area (Å²) in [5, 5.41) is 2.93. The van der Waals surface area contributed by atoms with Crippen LogP contribution in [0.3, 0.4) is 0 Å². The van der Waals surface area contributed by atoms with Crippen LogP contribution in [0.25, 0.3) is 11.0 Å². The summed E-state index contributed by atoms with van der Waals surface area (Å²) in [5.74, 6) is -0.00208. The summed E-state index contributed by atoms with van der Waals surface area (Å²) >= 11 is 0. The van der Waals surface area contributed by atoms with Crippen LogP contribution in [0, 0.1) is 0 Å². The molecule has 3 aromatic heterocycles. The van der Waals surface area contributed by atoms with Gasteiger partial charge in [0, 0.05) is 33.4 Å². The predicted octanol–water partition coefficient (Wildman–Crippen LogP) is 1.27. The third kappa shape index (κ3) is 3.51. The van der Waals surface area contributed by atoms with Gasteiger partial charge in [0.2, 0.25) is 0 Å². The number of hydrogen-bond acceptors (Lipinski definition) is 6. The molecule has 0 saturated carbocycles. The average molecular weight is 394 g/mol. The second kappa shape index (κ2) is 7.50. The second-order valence-electron chi connectivity index (χ2n) is 7.20. The molecular formula is C20H22N6O3. The first-order valence-electron chi connectivity index (χ1n) is 9.54. The summed E-state index contributed by atoms with van der Waals surface area (Å²) in [5.41, 5.74) is 0.535. The molecule has 1 aliphatic heterocycles. The summed E-state index contributed by atoms with van der Waals surface area (Å²) in [6.07, 6.45) is 6.72. The van der Waals surface area contributed by atoms with E-state index in [1.807, 2.05) is 6.07 Å². The zero-order valence-electron chi connectivity index (χ0n) is 16.4. The van der Waals surface area contributed by atoms with Crippen LogP contribution in [-0.4, -0.2) is 38.1 Å². The molecule has 1 N–H and O–H groups in total. The van der Waals surface area contributed by atoms with Gasteiger partial charge >= 0.3 is 5.69 Å². The monoisotopic (exact) mass is 394 g/mol. The third-order valence-electron chi connectivity index (χ3n) is 5.27. The number of fused-ring (bicyclic) bond motifs is 1. The van der Waals surface area contributed by atoms with Crippen LogP contribution in [0.15, 0.2) is 40.2 Å². The Balaban J connectivity index is 1.57. The fourth-order valence-corrected chi connectivity index (χ4v) is 3.58. The predicted molar refractivity (Wildman–Crippen MR) is 110 cm³/mol. The molecule has 4 rings (SSSR count). The largest absolute Gasteiger partial charge is 0.370 e. The SMILES string of the molecule is Cn1c(=O)c2cc(C(=O)Nc3ccc(N4CCCCC4)cn3)cnc2n(C)c1=O. The highest BCUT2D eigenvalue weighted by molar-refractivity contribution is 6.05. The van der Waals surface area contributed by atoms with Crippen molar-refractivity contribution in [2.45, 2.75) is 19.3 Å². The number of aromatic nitrogens is 4. The number of nitrogens with one attached hydrogen (secondary N) is 1. The Morgan fingerprint density at radius 3 is 2.45 bits per heavy atom. The van der Waals surface area contributed by atoms with Crippen LogP contribution in [0.5, 0.6) is 0 Å². The van der Waals surface area contributed by atoms with Crippen LogP contribution in [0.2, 0.25) is 0 Å². The maximum atomic E-state index is 12.6. The van der Waals surface area contributed by atoms with Gasteiger partial charge < -0.3 is 10.2 Å². The smallest absolute Gasteiger partial charge is 0.332 e. The highest BCUT2D eigenvalue weighted by Gasteiger charge is 2.15. The number of anilines is 2. The lowest BCUT2D eigenvalue weighted by atomic mass is 10.1. The van der Waals surface area contributed by atoms with E-state index in [1.165, 1.54) is 50.2 Å². The van der Waals surface area contributed by atoms with E-state index in [2.05, 4.69) is 20.2 Å². The molecule has 0 spiro atoms. The minimum atomic E-state index is -0.491. The van der Waals surface area contributed by atoms with E-state index >= 15 is 0 Å². The van der Waals surface area contributed by atoms with Gasteiger partial charge in [-0.2, -0.15) is 0 Å². The number of nitrogens with zero attached hydrogens (tertiary/aromatic N) is 5. The Kier molecular flexibility index (Phi) is 4.87. The number of rotatable bonds is 3. The minimum absolute atomic E-state index is 0.204. The highest BCUT2D eigenvalue weighted by atomic mass is 16.2. The van der Waals surface area contributed by atoms with Crippen molar-refractivity contribution in [2.75, 3.05) is 23.3 Å². The maximum Gasteiger partial charge on any atom is 0.332 e. The molecule has 0 atom stereocenters. The normalized spacial score (nSPS) is 14.2. The second-order valence-corrected chi connectivity index (χ2v) is 7.20. The Bertz CT molecular complexity index is 1190. The summed E-state index contributed by atoms with van der Waals surface area (Å²) in [6, 6.07) is 5.15. The number of aryl methyl sites for hydroxylation is 1. The van der Waals surface area contributed by atoms with Crippen LogP contribution >= 0.6 is 0 Å². The zero-order chi connectivity index (χ0) is 20.5. The number of piperidine rings is 1. The molecule has 0 radical (unpaired) electrons. The van der Waals surface area contributed by atoms with E-state index in [9.17, 15) is 14.4 Å². The van der Waals surface area contributed by atoms with Gasteiger partial charge in [0.25, 0.3) is 11.5 Å². The van der Waals surface area contributed by atoms with Gasteiger partial charge in [-0.25, -0.2) is 14.8 Å². The first-order valence-corrected chi connectivity index (χ1v) is 9.54. The Hall–Kier alpha value is -3.49. The summed E-state index contributed by atoms with van der Waals surface area (Å²) in [6.45, 7) is 2.04. The molecule has 3 aromatic rings. The fraction of sp³-hybridized carbons (Fsp3) is 0.350. The third-order valence-corrected chi connectivity index (χ3v) is 5.27. The first kappa shape index (κ1) is 18.9. The molecular weight excluding hydrogens is 372 g/mol. The average Bonchev–Trinajstić information content (AvgIpc) is 2.77. The highest BCUT2D eigenvalue weighted by Crippen LogP contribution is 2.20. The van der Waals surface area contributed by atoms with Crippen LogP contribution < -0.4 is 21.5 Å². The minimum Gasteiger partial charge on any atom is -0.370 e. The van der Waals surface area contributed by atoms with Gasteiger partial charge in [0.05, 0.1) is 22.8 Å². The fourth-order valence-electron chi connectivity index (χ4n) is 3.58. The van der Waals surface area contributed by atoms with Crippen molar-refractivity contribution in [3.05, 3.63) is 57.0 Å². The molecule has 9 heteroatoms. The van der Waals surface area contributed by atoms with Crippen molar-refractivity contribution in [1.82, 2.24) is 19.1 Å². The molecule has 29 heavy (non-hydrogen) atoms. The van der Waals surface area contributed by atoms with E-state index in [0.29, 0.717) is 5.82 Å². The topological polar surface area (TPSA) is 102 Å². The molecule has 1 saturated heterocycles. The summed E-state index contributed by atoms with van der Waals surface area (Å²) < 4.78 is 2.27. The number of carbonyl (C=O) groups is 1. The molecule has 0 bridgehead atoms. The summed E-state index contributed by atoms with van der Waals surface area (Å²) in [4.78, 5) is 47.8. The van der Waals surface area contributed by atoms with Crippen molar-refractivity contribution < 1.29 is 4.79 Å². The number of amides is 1. The lowest BCUT2D eigenvalue weighted by Crippen LogP contribution is -2.37. The van der Waals surface area contributed by atoms with E-state index in [4.69, 9.17) is 0 Å². The number of hydrogen-bond donors (Lipinski definition) is 1. The van der Waals surface area contributed by atoms with Gasteiger partial charge in [-0.3, -0.25) is 18.7 Å². The lowest BCUT2D eigenvalue weighted by Gasteiger charge is -2.28. The van der Waals surface area contributed by atoms with Gasteiger partial charge in [0.1, 0.15) is 11.5 Å². The molecule has 1 fully saturated rings. The van der Waals surface area contributed by atoms with Gasteiger partial charge in [-0.15, -0.1) is 0 Å². The van der Waals surface area contributed by atoms with Crippen molar-refractivity contribution in [2.24, 2.45) is 14.1 Å². The van der Waals surface area contributed by atoms with Crippen molar-refractivity contribution >= 4 is 28.4 Å². The number of carbonyl (C=O) groups excluding carboxylic acids is 1. The molecule has 0 unspecified atom stereocenters. The van der Waals surface area contributed by atoms with Crippen molar-refractivity contribution in [3.8, 4) is 0 Å². The Morgan fingerprint density at radius 1 is 1.00 bits per heavy atom. The van der Waals surface area contributed by atoms with Crippen molar-refractivity contribution in [3.63, 3.8) is 0 Å². The molecule has 4 heterocycles. The van der Waals surface area contributed by atoms with E-state index in [1.54, 1.807) is 12.3 Å². The molecule has 150 valence electrons. The van der Waals surface area contributed by atoms with Gasteiger partial charge in [-0.1, -0.05) is 0 Å². The molecule has 1 amide bonds. The number of pyridine rings is 2. The molecule has 9 nitrogen and oxygen atoms in total. The van der Waals surface area contributed by atoms with E-state index in [-0.39, 0.29) is 16.6 Å². The lowest BCUT2D eigenvalue weighted by molar-refractivity contribution is 0.102. The summed E-state index contributed by atoms with van der Waals surface area (Å²) in [7, 11) is 2.93. The first-order chi connectivity index (χ1) is 14.0. The Morgan fingerprint density at radius 2 is 1.76 bits per heavy atom. The molecule has 0 aliphatic carbocycles. The van der Waals surface area contributed by atoms with E-state index < -0.39 is 17.2 Å². The quantitative estimate of drug-likeness (QED) is 0.718.